The van der Waals surface area contributed by atoms with Crippen molar-refractivity contribution < 1.29 is 24.5 Å². The van der Waals surface area contributed by atoms with Crippen LogP contribution in [0.15, 0.2) is 48.5 Å². The summed E-state index contributed by atoms with van der Waals surface area (Å²) in [6.45, 7) is 2.39. The first-order chi connectivity index (χ1) is 11.9. The number of carbonyl (C=O) groups is 2. The summed E-state index contributed by atoms with van der Waals surface area (Å²) < 4.78 is 5.73. The van der Waals surface area contributed by atoms with E-state index >= 15 is 0 Å². The molecular weight excluding hydrogens is 322 g/mol. The first kappa shape index (κ1) is 17.0. The van der Waals surface area contributed by atoms with Gasteiger partial charge in [-0.25, -0.2) is 4.79 Å². The van der Waals surface area contributed by atoms with Crippen LogP contribution in [-0.4, -0.2) is 52.3 Å². The third kappa shape index (κ3) is 3.80. The van der Waals surface area contributed by atoms with E-state index < -0.39 is 18.2 Å². The molecule has 6 nitrogen and oxygen atoms in total. The molecule has 2 atom stereocenters. The zero-order valence-corrected chi connectivity index (χ0v) is 13.8. The molecule has 1 aliphatic heterocycles. The molecule has 0 saturated carbocycles. The highest BCUT2D eigenvalue weighted by molar-refractivity contribution is 5.94. The summed E-state index contributed by atoms with van der Waals surface area (Å²) in [6, 6.07) is 13.3. The second-order valence-electron chi connectivity index (χ2n) is 6.13. The Morgan fingerprint density at radius 3 is 2.44 bits per heavy atom. The average molecular weight is 341 g/mol. The zero-order valence-electron chi connectivity index (χ0n) is 13.8. The molecule has 0 unspecified atom stereocenters. The number of aromatic carboxylic acids is 1. The lowest BCUT2D eigenvalue weighted by Crippen LogP contribution is -2.31. The second kappa shape index (κ2) is 6.94. The minimum absolute atomic E-state index is 0.143. The summed E-state index contributed by atoms with van der Waals surface area (Å²) in [5, 5.41) is 19.1. The third-order valence-electron chi connectivity index (χ3n) is 4.18. The number of β-amino-alcohol motifs (C(OH)–C–C–N with tert-alkyl or cyclic N) is 1. The van der Waals surface area contributed by atoms with Crippen LogP contribution >= 0.6 is 0 Å². The lowest BCUT2D eigenvalue weighted by molar-refractivity contribution is 0.0693. The van der Waals surface area contributed by atoms with E-state index in [1.165, 1.54) is 12.1 Å². The molecule has 1 fully saturated rings. The van der Waals surface area contributed by atoms with Crippen LogP contribution in [0.25, 0.3) is 0 Å². The maximum absolute atomic E-state index is 12.6. The lowest BCUT2D eigenvalue weighted by Gasteiger charge is -2.17. The fourth-order valence-electron chi connectivity index (χ4n) is 2.85. The van der Waals surface area contributed by atoms with E-state index in [2.05, 4.69) is 0 Å². The highest BCUT2D eigenvalue weighted by atomic mass is 16.5. The first-order valence-corrected chi connectivity index (χ1v) is 7.98. The number of carboxylic acid groups (broad SMARTS) is 1. The number of benzene rings is 2. The number of hydrogen-bond donors (Lipinski definition) is 2. The van der Waals surface area contributed by atoms with Crippen molar-refractivity contribution in [2.24, 2.45) is 0 Å². The minimum atomic E-state index is -1.01. The van der Waals surface area contributed by atoms with E-state index in [1.807, 2.05) is 25.1 Å². The summed E-state index contributed by atoms with van der Waals surface area (Å²) in [5.41, 5.74) is 1.74. The van der Waals surface area contributed by atoms with E-state index in [4.69, 9.17) is 9.84 Å². The second-order valence-corrected chi connectivity index (χ2v) is 6.13. The fourth-order valence-corrected chi connectivity index (χ4v) is 2.85. The molecule has 3 rings (SSSR count). The van der Waals surface area contributed by atoms with Crippen molar-refractivity contribution >= 4 is 11.9 Å². The van der Waals surface area contributed by atoms with Gasteiger partial charge in [0.05, 0.1) is 18.7 Å². The molecule has 2 N–H and O–H groups in total. The average Bonchev–Trinajstić information content (AvgIpc) is 2.95. The van der Waals surface area contributed by atoms with Gasteiger partial charge in [0.15, 0.2) is 0 Å². The number of aliphatic hydroxyl groups is 1. The van der Waals surface area contributed by atoms with Crippen molar-refractivity contribution in [3.05, 3.63) is 65.2 Å². The molecule has 25 heavy (non-hydrogen) atoms. The molecule has 2 aromatic rings. The minimum Gasteiger partial charge on any atom is -0.486 e. The number of aliphatic hydroxyl groups excluding tert-OH is 1. The molecule has 1 amide bonds. The Hall–Kier alpha value is -2.86. The van der Waals surface area contributed by atoms with E-state index in [0.717, 1.165) is 5.56 Å². The summed E-state index contributed by atoms with van der Waals surface area (Å²) in [6.07, 6.45) is -1.35. The van der Waals surface area contributed by atoms with Crippen LogP contribution in [0.4, 0.5) is 0 Å². The largest absolute Gasteiger partial charge is 0.486 e. The Labute approximate surface area is 145 Å². The van der Waals surface area contributed by atoms with E-state index in [-0.39, 0.29) is 24.6 Å². The van der Waals surface area contributed by atoms with Crippen molar-refractivity contribution in [2.75, 3.05) is 13.1 Å². The van der Waals surface area contributed by atoms with Gasteiger partial charge in [0.2, 0.25) is 0 Å². The Morgan fingerprint density at radius 2 is 1.80 bits per heavy atom. The monoisotopic (exact) mass is 341 g/mol. The number of ether oxygens (including phenoxy) is 1. The van der Waals surface area contributed by atoms with Crippen molar-refractivity contribution in [3.8, 4) is 5.75 Å². The summed E-state index contributed by atoms with van der Waals surface area (Å²) in [4.78, 5) is 25.0. The molecule has 6 heteroatoms. The third-order valence-corrected chi connectivity index (χ3v) is 4.18. The van der Waals surface area contributed by atoms with Gasteiger partial charge in [0.25, 0.3) is 5.91 Å². The molecule has 0 radical (unpaired) electrons. The number of aryl methyl sites for hydroxylation is 1. The predicted molar refractivity (Wildman–Crippen MR) is 90.9 cm³/mol. The molecule has 0 aromatic heterocycles. The van der Waals surface area contributed by atoms with Gasteiger partial charge < -0.3 is 19.8 Å². The SMILES string of the molecule is Cc1cccc(C(=O)N2C[C@@H](O)[C@H](Oc3ccc(C(=O)O)cc3)C2)c1. The molecule has 130 valence electrons. The van der Waals surface area contributed by atoms with Crippen LogP contribution in [0.5, 0.6) is 5.75 Å². The van der Waals surface area contributed by atoms with Gasteiger partial charge in [-0.15, -0.1) is 0 Å². The van der Waals surface area contributed by atoms with Crippen LogP contribution in [0, 0.1) is 6.92 Å². The molecule has 2 aromatic carbocycles. The smallest absolute Gasteiger partial charge is 0.335 e. The molecule has 0 bridgehead atoms. The van der Waals surface area contributed by atoms with Crippen molar-refractivity contribution in [1.82, 2.24) is 4.90 Å². The summed E-state index contributed by atoms with van der Waals surface area (Å²) in [7, 11) is 0. The summed E-state index contributed by atoms with van der Waals surface area (Å²) >= 11 is 0. The van der Waals surface area contributed by atoms with Gasteiger partial charge in [-0.05, 0) is 43.3 Å². The number of amides is 1. The number of nitrogens with zero attached hydrogens (tertiary/aromatic N) is 1. The quantitative estimate of drug-likeness (QED) is 0.888. The van der Waals surface area contributed by atoms with Gasteiger partial charge in [0, 0.05) is 5.56 Å². The van der Waals surface area contributed by atoms with Crippen LogP contribution in [0.1, 0.15) is 26.3 Å². The number of carbonyl (C=O) groups excluding carboxylic acids is 1. The van der Waals surface area contributed by atoms with Gasteiger partial charge in [-0.2, -0.15) is 0 Å². The first-order valence-electron chi connectivity index (χ1n) is 7.98. The van der Waals surface area contributed by atoms with E-state index in [0.29, 0.717) is 11.3 Å². The topological polar surface area (TPSA) is 87.1 Å². The van der Waals surface area contributed by atoms with E-state index in [9.17, 15) is 14.7 Å². The molecule has 0 aliphatic carbocycles. The predicted octanol–water partition coefficient (Wildman–Crippen LogP) is 1.96. The highest BCUT2D eigenvalue weighted by Gasteiger charge is 2.36. The van der Waals surface area contributed by atoms with Crippen LogP contribution < -0.4 is 4.74 Å². The van der Waals surface area contributed by atoms with Gasteiger partial charge >= 0.3 is 5.97 Å². The van der Waals surface area contributed by atoms with Crippen molar-refractivity contribution in [1.29, 1.82) is 0 Å². The molecule has 0 spiro atoms. The number of carboxylic acids is 1. The van der Waals surface area contributed by atoms with Crippen LogP contribution in [0.3, 0.4) is 0 Å². The molecule has 1 saturated heterocycles. The van der Waals surface area contributed by atoms with Crippen molar-refractivity contribution in [2.45, 2.75) is 19.1 Å². The van der Waals surface area contributed by atoms with E-state index in [1.54, 1.807) is 23.1 Å². The Bertz CT molecular complexity index is 787. The Morgan fingerprint density at radius 1 is 1.08 bits per heavy atom. The number of likely N-dealkylation sites (tertiary alicyclic amines) is 1. The summed E-state index contributed by atoms with van der Waals surface area (Å²) in [5.74, 6) is -0.698. The van der Waals surface area contributed by atoms with Gasteiger partial charge in [-0.1, -0.05) is 17.7 Å². The van der Waals surface area contributed by atoms with Crippen LogP contribution in [-0.2, 0) is 0 Å². The fraction of sp³-hybridized carbons (Fsp3) is 0.263. The number of rotatable bonds is 4. The maximum atomic E-state index is 12.6. The Balaban J connectivity index is 1.67. The molecular formula is C19H19NO5. The Kier molecular flexibility index (Phi) is 4.72. The lowest BCUT2D eigenvalue weighted by atomic mass is 10.1. The standard InChI is InChI=1S/C19H19NO5/c1-12-3-2-4-14(9-12)18(22)20-10-16(21)17(11-20)25-15-7-5-13(6-8-15)19(23)24/h2-9,16-17,21H,10-11H2,1H3,(H,23,24)/t16-,17-/m1/s1. The molecule has 1 aliphatic rings. The van der Waals surface area contributed by atoms with Gasteiger partial charge in [-0.3, -0.25) is 4.79 Å². The van der Waals surface area contributed by atoms with Gasteiger partial charge in [0.1, 0.15) is 18.0 Å². The highest BCUT2D eigenvalue weighted by Crippen LogP contribution is 2.21. The maximum Gasteiger partial charge on any atom is 0.335 e. The molecule has 1 heterocycles. The van der Waals surface area contributed by atoms with Crippen LogP contribution in [0.2, 0.25) is 0 Å². The number of hydrogen-bond acceptors (Lipinski definition) is 4. The van der Waals surface area contributed by atoms with Crippen molar-refractivity contribution in [3.63, 3.8) is 0 Å². The zero-order chi connectivity index (χ0) is 18.0. The normalized spacial score (nSPS) is 19.7.